The van der Waals surface area contributed by atoms with Crippen molar-refractivity contribution < 1.29 is 0 Å². The molecule has 0 radical (unpaired) electrons. The molecule has 0 bridgehead atoms. The van der Waals surface area contributed by atoms with Gasteiger partial charge in [0.05, 0.1) is 25.3 Å². The average Bonchev–Trinajstić information content (AvgIpc) is 2.93. The average molecular weight is 506 g/mol. The van der Waals surface area contributed by atoms with E-state index in [-0.39, 0.29) is 30.0 Å². The van der Waals surface area contributed by atoms with E-state index in [0.29, 0.717) is 6.54 Å². The van der Waals surface area contributed by atoms with Crippen molar-refractivity contribution in [1.82, 2.24) is 20.4 Å². The van der Waals surface area contributed by atoms with Gasteiger partial charge in [0.1, 0.15) is 0 Å². The Morgan fingerprint density at radius 3 is 2.75 bits per heavy atom. The molecule has 1 aromatic heterocycles. The summed E-state index contributed by atoms with van der Waals surface area (Å²) in [5.41, 5.74) is 2.38. The van der Waals surface area contributed by atoms with Gasteiger partial charge in [0.15, 0.2) is 5.96 Å². The molecule has 1 atom stereocenters. The second kappa shape index (κ2) is 10.7. The van der Waals surface area contributed by atoms with Crippen LogP contribution in [0.15, 0.2) is 46.1 Å². The molecule has 1 aromatic carbocycles. The number of hydrogen-bond acceptors (Lipinski definition) is 2. The van der Waals surface area contributed by atoms with Gasteiger partial charge in [-0.05, 0) is 38.0 Å². The molecular formula is C17H25BrIN5. The molecule has 2 aromatic rings. The van der Waals surface area contributed by atoms with E-state index in [0.717, 1.165) is 23.5 Å². The molecule has 2 rings (SSSR count). The summed E-state index contributed by atoms with van der Waals surface area (Å²) >= 11 is 3.60. The molecule has 132 valence electrons. The molecule has 0 saturated heterocycles. The molecule has 0 fully saturated rings. The lowest BCUT2D eigenvalue weighted by molar-refractivity contribution is 0.617. The van der Waals surface area contributed by atoms with Crippen molar-refractivity contribution in [3.63, 3.8) is 0 Å². The van der Waals surface area contributed by atoms with Crippen LogP contribution in [0.3, 0.4) is 0 Å². The first-order chi connectivity index (χ1) is 11.1. The third-order valence-corrected chi connectivity index (χ3v) is 4.15. The number of nitrogens with one attached hydrogen (secondary N) is 2. The highest BCUT2D eigenvalue weighted by atomic mass is 127. The van der Waals surface area contributed by atoms with Crippen molar-refractivity contribution >= 4 is 45.9 Å². The summed E-state index contributed by atoms with van der Waals surface area (Å²) in [5.74, 6) is 0.819. The van der Waals surface area contributed by atoms with E-state index in [1.165, 1.54) is 11.1 Å². The monoisotopic (exact) mass is 505 g/mol. The minimum absolute atomic E-state index is 0. The molecule has 0 spiro atoms. The highest BCUT2D eigenvalue weighted by Crippen LogP contribution is 2.22. The zero-order valence-corrected chi connectivity index (χ0v) is 18.2. The van der Waals surface area contributed by atoms with Gasteiger partial charge < -0.3 is 10.6 Å². The SMILES string of the molecule is CCNC(=NCCn1cc(C)cn1)NC(C)c1ccccc1Br.I. The summed E-state index contributed by atoms with van der Waals surface area (Å²) in [5, 5.41) is 11.0. The van der Waals surface area contributed by atoms with Crippen molar-refractivity contribution in [2.24, 2.45) is 4.99 Å². The van der Waals surface area contributed by atoms with E-state index in [9.17, 15) is 0 Å². The Morgan fingerprint density at radius 2 is 2.12 bits per heavy atom. The van der Waals surface area contributed by atoms with Gasteiger partial charge in [-0.1, -0.05) is 34.1 Å². The summed E-state index contributed by atoms with van der Waals surface area (Å²) in [6, 6.07) is 8.39. The number of hydrogen-bond donors (Lipinski definition) is 2. The maximum absolute atomic E-state index is 4.63. The van der Waals surface area contributed by atoms with E-state index in [1.807, 2.05) is 36.1 Å². The van der Waals surface area contributed by atoms with Crippen LogP contribution in [0.25, 0.3) is 0 Å². The molecular weight excluding hydrogens is 481 g/mol. The lowest BCUT2D eigenvalue weighted by Gasteiger charge is -2.19. The maximum Gasteiger partial charge on any atom is 0.191 e. The zero-order valence-electron chi connectivity index (χ0n) is 14.3. The second-order valence-corrected chi connectivity index (χ2v) is 6.28. The molecule has 7 heteroatoms. The fourth-order valence-corrected chi connectivity index (χ4v) is 2.91. The number of guanidine groups is 1. The number of aryl methyl sites for hydroxylation is 1. The lowest BCUT2D eigenvalue weighted by Crippen LogP contribution is -2.39. The fraction of sp³-hybridized carbons (Fsp3) is 0.412. The zero-order chi connectivity index (χ0) is 16.7. The van der Waals surface area contributed by atoms with E-state index in [2.05, 4.69) is 62.6 Å². The normalized spacial score (nSPS) is 12.4. The predicted octanol–water partition coefficient (Wildman–Crippen LogP) is 3.89. The maximum atomic E-state index is 4.63. The van der Waals surface area contributed by atoms with Gasteiger partial charge in [0, 0.05) is 17.2 Å². The molecule has 0 aliphatic carbocycles. The van der Waals surface area contributed by atoms with Crippen molar-refractivity contribution in [1.29, 1.82) is 0 Å². The molecule has 0 aliphatic heterocycles. The van der Waals surface area contributed by atoms with Crippen LogP contribution in [0, 0.1) is 6.92 Å². The Bertz CT molecular complexity index is 656. The molecule has 0 aliphatic rings. The van der Waals surface area contributed by atoms with Crippen molar-refractivity contribution in [2.45, 2.75) is 33.4 Å². The van der Waals surface area contributed by atoms with Crippen LogP contribution < -0.4 is 10.6 Å². The van der Waals surface area contributed by atoms with E-state index < -0.39 is 0 Å². The smallest absolute Gasteiger partial charge is 0.191 e. The first-order valence-electron chi connectivity index (χ1n) is 7.88. The number of aromatic nitrogens is 2. The molecule has 24 heavy (non-hydrogen) atoms. The number of nitrogens with zero attached hydrogens (tertiary/aromatic N) is 3. The first-order valence-corrected chi connectivity index (χ1v) is 8.67. The first kappa shape index (κ1) is 21.0. The molecule has 0 saturated carbocycles. The Labute approximate surface area is 169 Å². The van der Waals surface area contributed by atoms with Crippen LogP contribution in [0.5, 0.6) is 0 Å². The Hall–Kier alpha value is -1.09. The molecule has 5 nitrogen and oxygen atoms in total. The van der Waals surface area contributed by atoms with Gasteiger partial charge in [-0.15, -0.1) is 24.0 Å². The molecule has 1 unspecified atom stereocenters. The van der Waals surface area contributed by atoms with Crippen molar-refractivity contribution in [2.75, 3.05) is 13.1 Å². The van der Waals surface area contributed by atoms with Gasteiger partial charge in [-0.3, -0.25) is 9.67 Å². The minimum atomic E-state index is 0. The molecule has 0 amide bonds. The summed E-state index contributed by atoms with van der Waals surface area (Å²) in [6.07, 6.45) is 3.89. The highest BCUT2D eigenvalue weighted by molar-refractivity contribution is 14.0. The van der Waals surface area contributed by atoms with Crippen LogP contribution in [0.1, 0.15) is 31.0 Å². The van der Waals surface area contributed by atoms with Crippen molar-refractivity contribution in [3.8, 4) is 0 Å². The lowest BCUT2D eigenvalue weighted by atomic mass is 10.1. The Balaban J connectivity index is 0.00000288. The second-order valence-electron chi connectivity index (χ2n) is 5.43. The highest BCUT2D eigenvalue weighted by Gasteiger charge is 2.10. The van der Waals surface area contributed by atoms with Crippen LogP contribution in [-0.2, 0) is 6.54 Å². The number of aliphatic imine (C=N–C) groups is 1. The fourth-order valence-electron chi connectivity index (χ4n) is 2.28. The molecule has 1 heterocycles. The third kappa shape index (κ3) is 6.43. The van der Waals surface area contributed by atoms with Crippen LogP contribution >= 0.6 is 39.9 Å². The van der Waals surface area contributed by atoms with Gasteiger partial charge in [0.2, 0.25) is 0 Å². The number of rotatable bonds is 6. The van der Waals surface area contributed by atoms with Gasteiger partial charge >= 0.3 is 0 Å². The van der Waals surface area contributed by atoms with Gasteiger partial charge in [0.25, 0.3) is 0 Å². The van der Waals surface area contributed by atoms with Crippen LogP contribution in [0.4, 0.5) is 0 Å². The standard InChI is InChI=1S/C17H24BrN5.HI/c1-4-19-17(20-9-10-23-12-13(2)11-21-23)22-14(3)15-7-5-6-8-16(15)18;/h5-8,11-12,14H,4,9-10H2,1-3H3,(H2,19,20,22);1H. The Morgan fingerprint density at radius 1 is 1.38 bits per heavy atom. The predicted molar refractivity (Wildman–Crippen MR) is 114 cm³/mol. The van der Waals surface area contributed by atoms with Crippen LogP contribution in [0.2, 0.25) is 0 Å². The third-order valence-electron chi connectivity index (χ3n) is 3.43. The van der Waals surface area contributed by atoms with E-state index >= 15 is 0 Å². The van der Waals surface area contributed by atoms with Gasteiger partial charge in [-0.25, -0.2) is 0 Å². The quantitative estimate of drug-likeness (QED) is 0.356. The molecule has 2 N–H and O–H groups in total. The van der Waals surface area contributed by atoms with E-state index in [4.69, 9.17) is 0 Å². The summed E-state index contributed by atoms with van der Waals surface area (Å²) in [7, 11) is 0. The largest absolute Gasteiger partial charge is 0.357 e. The van der Waals surface area contributed by atoms with Crippen molar-refractivity contribution in [3.05, 3.63) is 52.3 Å². The van der Waals surface area contributed by atoms with Crippen LogP contribution in [-0.4, -0.2) is 28.8 Å². The van der Waals surface area contributed by atoms with E-state index in [1.54, 1.807) is 0 Å². The summed E-state index contributed by atoms with van der Waals surface area (Å²) in [4.78, 5) is 4.63. The van der Waals surface area contributed by atoms with Gasteiger partial charge in [-0.2, -0.15) is 5.10 Å². The summed E-state index contributed by atoms with van der Waals surface area (Å²) < 4.78 is 3.02. The topological polar surface area (TPSA) is 54.2 Å². The number of benzene rings is 1. The minimum Gasteiger partial charge on any atom is -0.357 e. The number of halogens is 2. The Kier molecular flexibility index (Phi) is 9.35. The summed E-state index contributed by atoms with van der Waals surface area (Å²) in [6.45, 7) is 8.51.